The lowest BCUT2D eigenvalue weighted by Crippen LogP contribution is -2.27. The van der Waals surface area contributed by atoms with Crippen molar-refractivity contribution in [1.29, 1.82) is 0 Å². The molecule has 0 aliphatic heterocycles. The Morgan fingerprint density at radius 2 is 1.21 bits per heavy atom. The molecule has 0 atom stereocenters. The van der Waals surface area contributed by atoms with Gasteiger partial charge in [-0.3, -0.25) is 4.79 Å². The van der Waals surface area contributed by atoms with Gasteiger partial charge in [0.05, 0.1) is 6.61 Å². The van der Waals surface area contributed by atoms with E-state index in [4.69, 9.17) is 4.74 Å². The molecule has 0 aliphatic rings. The predicted octanol–water partition coefficient (Wildman–Crippen LogP) is 4.91. The topological polar surface area (TPSA) is 26.3 Å². The van der Waals surface area contributed by atoms with E-state index in [2.05, 4.69) is 96.8 Å². The number of hydrogen-bond donors (Lipinski definition) is 0. The molecule has 29 heavy (non-hydrogen) atoms. The number of unbranched alkanes of at least 4 members (excludes halogenated alkanes) is 2. The first-order chi connectivity index (χ1) is 14.3. The van der Waals surface area contributed by atoms with E-state index in [-0.39, 0.29) is 5.97 Å². The molecule has 3 rings (SSSR count). The van der Waals surface area contributed by atoms with Crippen molar-refractivity contribution in [3.63, 3.8) is 0 Å². The largest absolute Gasteiger partial charge is 0.466 e. The molecule has 0 bridgehead atoms. The zero-order chi connectivity index (χ0) is 20.4. The van der Waals surface area contributed by atoms with Gasteiger partial charge in [-0.15, -0.1) is 0 Å². The molecule has 0 saturated heterocycles. The average molecular weight is 404 g/mol. The van der Waals surface area contributed by atoms with Gasteiger partial charge in [0.1, 0.15) is 0 Å². The zero-order valence-electron chi connectivity index (χ0n) is 17.0. The van der Waals surface area contributed by atoms with Gasteiger partial charge in [0.15, 0.2) is 0 Å². The molecule has 0 saturated carbocycles. The standard InChI is InChI=1S/C26H29O2P/c1-2-28-26(27)21-13-6-14-22-29(23-15-7-3-8-16-23,24-17-9-4-10-18-24)25-19-11-5-12-20-25/h3-5,7-12,15-20,22H,2,6,13-14,21H2,1H3. The summed E-state index contributed by atoms with van der Waals surface area (Å²) in [6.45, 7) is 0.434. The smallest absolute Gasteiger partial charge is 0.305 e. The third kappa shape index (κ3) is 5.28. The van der Waals surface area contributed by atoms with Crippen molar-refractivity contribution in [3.8, 4) is 0 Å². The molecule has 150 valence electrons. The first-order valence-corrected chi connectivity index (χ1v) is 12.2. The van der Waals surface area contributed by atoms with E-state index in [9.17, 15) is 4.79 Å². The molecule has 0 aromatic heterocycles. The summed E-state index contributed by atoms with van der Waals surface area (Å²) in [5, 5.41) is 4.09. The van der Waals surface area contributed by atoms with Crippen molar-refractivity contribution in [3.05, 3.63) is 91.0 Å². The van der Waals surface area contributed by atoms with Crippen LogP contribution >= 0.6 is 6.89 Å². The molecule has 0 spiro atoms. The lowest BCUT2D eigenvalue weighted by atomic mass is 10.2. The maximum absolute atomic E-state index is 11.6. The lowest BCUT2D eigenvalue weighted by Gasteiger charge is -2.29. The number of ether oxygens (including phenoxy) is 1. The van der Waals surface area contributed by atoms with Gasteiger partial charge in [-0.25, -0.2) is 0 Å². The maximum Gasteiger partial charge on any atom is 0.305 e. The fraction of sp³-hybridized carbons (Fsp3) is 0.231. The zero-order valence-corrected chi connectivity index (χ0v) is 17.9. The van der Waals surface area contributed by atoms with Crippen LogP contribution in [0.2, 0.25) is 0 Å². The Hall–Kier alpha value is -2.57. The third-order valence-corrected chi connectivity index (χ3v) is 9.18. The van der Waals surface area contributed by atoms with Crippen LogP contribution in [0, 0.1) is 0 Å². The number of benzene rings is 3. The van der Waals surface area contributed by atoms with Crippen LogP contribution < -0.4 is 15.9 Å². The molecule has 2 nitrogen and oxygen atoms in total. The van der Waals surface area contributed by atoms with Crippen LogP contribution in [-0.2, 0) is 9.53 Å². The quantitative estimate of drug-likeness (QED) is 0.288. The van der Waals surface area contributed by atoms with Crippen LogP contribution in [0.4, 0.5) is 0 Å². The molecule has 3 aromatic carbocycles. The monoisotopic (exact) mass is 404 g/mol. The van der Waals surface area contributed by atoms with Gasteiger partial charge in [0.2, 0.25) is 0 Å². The molecule has 3 aromatic rings. The van der Waals surface area contributed by atoms with Gasteiger partial charge in [-0.05, 0) is 49.0 Å². The summed E-state index contributed by atoms with van der Waals surface area (Å²) in [6.07, 6.45) is 3.29. The normalized spacial score (nSPS) is 11.1. The summed E-state index contributed by atoms with van der Waals surface area (Å²) in [5.41, 5.74) is 0. The highest BCUT2D eigenvalue weighted by Crippen LogP contribution is 2.44. The fourth-order valence-corrected chi connectivity index (χ4v) is 7.71. The number of carbonyl (C=O) groups excluding carboxylic acids is 1. The number of carbonyl (C=O) groups is 1. The van der Waals surface area contributed by atoms with Crippen molar-refractivity contribution in [2.24, 2.45) is 0 Å². The molecule has 0 heterocycles. The second-order valence-electron chi connectivity index (χ2n) is 6.96. The van der Waals surface area contributed by atoms with E-state index in [1.807, 2.05) is 6.92 Å². The first-order valence-electron chi connectivity index (χ1n) is 10.3. The molecule has 0 radical (unpaired) electrons. The van der Waals surface area contributed by atoms with Crippen molar-refractivity contribution in [2.45, 2.75) is 32.6 Å². The number of hydrogen-bond acceptors (Lipinski definition) is 2. The molecule has 3 heteroatoms. The Morgan fingerprint density at radius 3 is 1.62 bits per heavy atom. The summed E-state index contributed by atoms with van der Waals surface area (Å²) < 4.78 is 5.06. The summed E-state index contributed by atoms with van der Waals surface area (Å²) in [6, 6.07) is 32.5. The minimum Gasteiger partial charge on any atom is -0.466 e. The van der Waals surface area contributed by atoms with Crippen molar-refractivity contribution in [2.75, 3.05) is 6.61 Å². The molecule has 0 fully saturated rings. The van der Waals surface area contributed by atoms with Gasteiger partial charge >= 0.3 is 5.97 Å². The van der Waals surface area contributed by atoms with Gasteiger partial charge in [0, 0.05) is 6.42 Å². The molecule has 0 amide bonds. The molecule has 0 N–H and O–H groups in total. The Morgan fingerprint density at radius 1 is 0.759 bits per heavy atom. The van der Waals surface area contributed by atoms with E-state index in [0.29, 0.717) is 13.0 Å². The predicted molar refractivity (Wildman–Crippen MR) is 126 cm³/mol. The van der Waals surface area contributed by atoms with Crippen molar-refractivity contribution in [1.82, 2.24) is 0 Å². The van der Waals surface area contributed by atoms with Gasteiger partial charge in [-0.2, -0.15) is 0 Å². The Kier molecular flexibility index (Phi) is 7.90. The Balaban J connectivity index is 2.00. The number of rotatable bonds is 9. The van der Waals surface area contributed by atoms with Crippen LogP contribution in [0.1, 0.15) is 32.6 Å². The minimum absolute atomic E-state index is 0.0947. The average Bonchev–Trinajstić information content (AvgIpc) is 2.78. The molecule has 0 aliphatic carbocycles. The van der Waals surface area contributed by atoms with Crippen molar-refractivity contribution >= 4 is 34.6 Å². The maximum atomic E-state index is 11.6. The van der Waals surface area contributed by atoms with Crippen LogP contribution in [-0.4, -0.2) is 18.4 Å². The van der Waals surface area contributed by atoms with Gasteiger partial charge in [0.25, 0.3) is 0 Å². The highest BCUT2D eigenvalue weighted by Gasteiger charge is 2.24. The summed E-state index contributed by atoms with van der Waals surface area (Å²) in [7, 11) is 0. The van der Waals surface area contributed by atoms with E-state index in [0.717, 1.165) is 19.3 Å². The minimum atomic E-state index is -1.87. The Bertz CT molecular complexity index is 831. The third-order valence-electron chi connectivity index (χ3n) is 5.03. The fourth-order valence-electron chi connectivity index (χ4n) is 3.68. The SMILES string of the molecule is CCOC(=O)CCCCC=P(c1ccccc1)(c1ccccc1)c1ccccc1. The van der Waals surface area contributed by atoms with Gasteiger partial charge in [-0.1, -0.05) is 96.8 Å². The molecular weight excluding hydrogens is 375 g/mol. The second kappa shape index (κ2) is 10.8. The number of esters is 1. The summed E-state index contributed by atoms with van der Waals surface area (Å²) in [4.78, 5) is 11.6. The molecular formula is C26H29O2P. The molecule has 0 unspecified atom stereocenters. The van der Waals surface area contributed by atoms with Crippen molar-refractivity contribution < 1.29 is 9.53 Å². The highest BCUT2D eigenvalue weighted by atomic mass is 31.2. The van der Waals surface area contributed by atoms with E-state index < -0.39 is 6.89 Å². The Labute approximate surface area is 174 Å². The van der Waals surface area contributed by atoms with E-state index in [1.54, 1.807) is 0 Å². The van der Waals surface area contributed by atoms with Crippen LogP contribution in [0.3, 0.4) is 0 Å². The van der Waals surface area contributed by atoms with Gasteiger partial charge < -0.3 is 4.74 Å². The van der Waals surface area contributed by atoms with Crippen LogP contribution in [0.15, 0.2) is 91.0 Å². The van der Waals surface area contributed by atoms with Crippen LogP contribution in [0.5, 0.6) is 0 Å². The summed E-state index contributed by atoms with van der Waals surface area (Å²) >= 11 is 0. The second-order valence-corrected chi connectivity index (χ2v) is 10.3. The van der Waals surface area contributed by atoms with E-state index in [1.165, 1.54) is 15.9 Å². The van der Waals surface area contributed by atoms with E-state index >= 15 is 0 Å². The lowest BCUT2D eigenvalue weighted by molar-refractivity contribution is -0.143. The first kappa shape index (κ1) is 21.1. The highest BCUT2D eigenvalue weighted by molar-refractivity contribution is 7.94. The van der Waals surface area contributed by atoms with Crippen LogP contribution in [0.25, 0.3) is 0 Å². The summed E-state index contributed by atoms with van der Waals surface area (Å²) in [5.74, 6) is 2.43.